The van der Waals surface area contributed by atoms with Gasteiger partial charge in [-0.05, 0) is 62.3 Å². The second-order valence-corrected chi connectivity index (χ2v) is 8.38. The van der Waals surface area contributed by atoms with E-state index < -0.39 is 40.7 Å². The van der Waals surface area contributed by atoms with Gasteiger partial charge in [0.2, 0.25) is 5.96 Å². The number of nitrogens with zero attached hydrogens (tertiary/aromatic N) is 1. The lowest BCUT2D eigenvalue weighted by Crippen LogP contribution is -2.51. The van der Waals surface area contributed by atoms with Crippen LogP contribution in [0.25, 0.3) is 0 Å². The summed E-state index contributed by atoms with van der Waals surface area (Å²) in [6.07, 6.45) is -2.09. The lowest BCUT2D eigenvalue weighted by atomic mass is 9.98. The van der Waals surface area contributed by atoms with E-state index in [1.54, 1.807) is 62.3 Å². The summed E-state index contributed by atoms with van der Waals surface area (Å²) in [5, 5.41) is 10.2. The molecular weight excluding hydrogens is 330 g/mol. The summed E-state index contributed by atoms with van der Waals surface area (Å²) >= 11 is 0. The Morgan fingerprint density at radius 2 is 1.28 bits per heavy atom. The van der Waals surface area contributed by atoms with Gasteiger partial charge in [-0.1, -0.05) is 5.06 Å². The van der Waals surface area contributed by atoms with E-state index in [9.17, 15) is 14.4 Å². The Hall–Kier alpha value is -2.32. The Kier molecular flexibility index (Phi) is 6.99. The highest BCUT2D eigenvalue weighted by molar-refractivity contribution is 5.99. The predicted molar refractivity (Wildman–Crippen MR) is 90.7 cm³/mol. The Labute approximate surface area is 148 Å². The van der Waals surface area contributed by atoms with Crippen LogP contribution in [0.3, 0.4) is 0 Å². The van der Waals surface area contributed by atoms with E-state index >= 15 is 0 Å². The van der Waals surface area contributed by atoms with Gasteiger partial charge in [0.05, 0.1) is 5.41 Å². The fraction of sp³-hybridized carbons (Fsp3) is 0.750. The van der Waals surface area contributed by atoms with Crippen molar-refractivity contribution in [1.82, 2.24) is 10.4 Å². The van der Waals surface area contributed by atoms with E-state index in [0.29, 0.717) is 0 Å². The molecule has 0 aromatic rings. The molecule has 0 bridgehead atoms. The first kappa shape index (κ1) is 22.7. The number of alkyl carbamates (subject to hydrolysis) is 1. The van der Waals surface area contributed by atoms with Crippen molar-refractivity contribution < 1.29 is 28.7 Å². The van der Waals surface area contributed by atoms with Crippen LogP contribution in [0.2, 0.25) is 0 Å². The monoisotopic (exact) mass is 359 g/mol. The highest BCUT2D eigenvalue weighted by atomic mass is 16.8. The van der Waals surface area contributed by atoms with Gasteiger partial charge in [0.1, 0.15) is 11.2 Å². The van der Waals surface area contributed by atoms with Gasteiger partial charge >= 0.3 is 18.2 Å². The quantitative estimate of drug-likeness (QED) is 0.389. The standard InChI is InChI=1S/C16H29N3O6/c1-14(2,3)10(20)25-19(13(22)24-16(7,8)9)11(17)18-12(21)23-15(4,5)6/h1-9H3,(H2,17,18,21). The maximum absolute atomic E-state index is 12.2. The zero-order valence-corrected chi connectivity index (χ0v) is 16.4. The molecule has 0 unspecified atom stereocenters. The highest BCUT2D eigenvalue weighted by Crippen LogP contribution is 2.18. The van der Waals surface area contributed by atoms with E-state index in [2.05, 4.69) is 0 Å². The minimum absolute atomic E-state index is 0.281. The number of hydroxylamine groups is 2. The maximum Gasteiger partial charge on any atom is 0.451 e. The first-order valence-electron chi connectivity index (χ1n) is 7.76. The Morgan fingerprint density at radius 3 is 1.64 bits per heavy atom. The Morgan fingerprint density at radius 1 is 0.840 bits per heavy atom. The molecule has 0 radical (unpaired) electrons. The van der Waals surface area contributed by atoms with Crippen molar-refractivity contribution in [3.8, 4) is 0 Å². The molecule has 0 aromatic heterocycles. The number of guanidine groups is 1. The number of ether oxygens (including phenoxy) is 2. The third-order valence-corrected chi connectivity index (χ3v) is 2.17. The molecule has 0 saturated heterocycles. The van der Waals surface area contributed by atoms with Crippen LogP contribution in [0.5, 0.6) is 0 Å². The molecule has 0 aliphatic heterocycles. The highest BCUT2D eigenvalue weighted by Gasteiger charge is 2.34. The van der Waals surface area contributed by atoms with Gasteiger partial charge in [0.15, 0.2) is 0 Å². The van der Waals surface area contributed by atoms with Crippen LogP contribution in [0.4, 0.5) is 9.59 Å². The number of carbonyl (C=O) groups excluding carboxylic acids is 3. The summed E-state index contributed by atoms with van der Waals surface area (Å²) in [5.74, 6) is -1.59. The largest absolute Gasteiger partial charge is 0.451 e. The molecule has 2 amide bonds. The molecule has 0 aliphatic rings. The van der Waals surface area contributed by atoms with Crippen molar-refractivity contribution in [2.75, 3.05) is 0 Å². The number of hydrogen-bond donors (Lipinski definition) is 2. The van der Waals surface area contributed by atoms with Crippen molar-refractivity contribution in [3.63, 3.8) is 0 Å². The van der Waals surface area contributed by atoms with Crippen LogP contribution in [0.15, 0.2) is 0 Å². The lowest BCUT2D eigenvalue weighted by Gasteiger charge is -2.28. The fourth-order valence-corrected chi connectivity index (χ4v) is 1.15. The van der Waals surface area contributed by atoms with Crippen LogP contribution in [-0.2, 0) is 19.1 Å². The second kappa shape index (κ2) is 7.71. The zero-order chi connectivity index (χ0) is 20.2. The summed E-state index contributed by atoms with van der Waals surface area (Å²) in [5.41, 5.74) is -2.63. The van der Waals surface area contributed by atoms with Gasteiger partial charge in [-0.15, -0.1) is 0 Å². The molecule has 0 fully saturated rings. The number of hydrogen-bond acceptors (Lipinski definition) is 7. The SMILES string of the molecule is CC(C)(C)OC(=O)NC(=N)N(OC(=O)C(C)(C)C)C(=O)OC(C)(C)C. The van der Waals surface area contributed by atoms with E-state index in [1.807, 2.05) is 5.32 Å². The third kappa shape index (κ3) is 9.53. The minimum atomic E-state index is -1.12. The number of carbonyl (C=O) groups is 3. The Bertz CT molecular complexity index is 538. The van der Waals surface area contributed by atoms with E-state index in [1.165, 1.54) is 0 Å². The smallest absolute Gasteiger partial charge is 0.444 e. The van der Waals surface area contributed by atoms with E-state index in [4.69, 9.17) is 19.7 Å². The van der Waals surface area contributed by atoms with Gasteiger partial charge in [0, 0.05) is 0 Å². The molecule has 0 heterocycles. The molecule has 2 N–H and O–H groups in total. The van der Waals surface area contributed by atoms with Crippen molar-refractivity contribution in [2.24, 2.45) is 5.41 Å². The molecule has 144 valence electrons. The molecule has 0 saturated carbocycles. The second-order valence-electron chi connectivity index (χ2n) is 8.38. The number of amides is 2. The van der Waals surface area contributed by atoms with Crippen LogP contribution in [0, 0.1) is 10.8 Å². The number of rotatable bonds is 0. The molecule has 0 spiro atoms. The average Bonchev–Trinajstić information content (AvgIpc) is 2.28. The van der Waals surface area contributed by atoms with E-state index in [-0.39, 0.29) is 5.06 Å². The molecule has 0 atom stereocenters. The fourth-order valence-electron chi connectivity index (χ4n) is 1.15. The molecule has 0 rings (SSSR count). The Balaban J connectivity index is 5.30. The number of nitrogens with one attached hydrogen (secondary N) is 2. The predicted octanol–water partition coefficient (Wildman–Crippen LogP) is 3.19. The summed E-state index contributed by atoms with van der Waals surface area (Å²) in [7, 11) is 0. The molecule has 25 heavy (non-hydrogen) atoms. The lowest BCUT2D eigenvalue weighted by molar-refractivity contribution is -0.180. The van der Waals surface area contributed by atoms with E-state index in [0.717, 1.165) is 0 Å². The van der Waals surface area contributed by atoms with Crippen LogP contribution in [0.1, 0.15) is 62.3 Å². The molecule has 9 nitrogen and oxygen atoms in total. The topological polar surface area (TPSA) is 118 Å². The van der Waals surface area contributed by atoms with Crippen LogP contribution < -0.4 is 5.32 Å². The molecule has 9 heteroatoms. The average molecular weight is 359 g/mol. The molecular formula is C16H29N3O6. The first-order chi connectivity index (χ1) is 10.9. The van der Waals surface area contributed by atoms with Gasteiger partial charge in [-0.3, -0.25) is 10.7 Å². The maximum atomic E-state index is 12.2. The van der Waals surface area contributed by atoms with Gasteiger partial charge < -0.3 is 14.3 Å². The van der Waals surface area contributed by atoms with Crippen molar-refractivity contribution >= 4 is 24.1 Å². The first-order valence-corrected chi connectivity index (χ1v) is 7.76. The summed E-state index contributed by atoms with van der Waals surface area (Å²) < 4.78 is 10.1. The summed E-state index contributed by atoms with van der Waals surface area (Å²) in [6, 6.07) is 0. The zero-order valence-electron chi connectivity index (χ0n) is 16.4. The molecule has 0 aromatic carbocycles. The third-order valence-electron chi connectivity index (χ3n) is 2.17. The summed E-state index contributed by atoms with van der Waals surface area (Å²) in [6.45, 7) is 14.5. The molecule has 0 aliphatic carbocycles. The van der Waals surface area contributed by atoms with Crippen molar-refractivity contribution in [3.05, 3.63) is 0 Å². The van der Waals surface area contributed by atoms with Gasteiger partial charge in [-0.2, -0.15) is 0 Å². The van der Waals surface area contributed by atoms with Gasteiger partial charge in [-0.25, -0.2) is 14.4 Å². The normalized spacial score (nSPS) is 12.0. The van der Waals surface area contributed by atoms with Crippen molar-refractivity contribution in [2.45, 2.75) is 73.5 Å². The summed E-state index contributed by atoms with van der Waals surface area (Å²) in [4.78, 5) is 41.0. The van der Waals surface area contributed by atoms with Crippen LogP contribution >= 0.6 is 0 Å². The van der Waals surface area contributed by atoms with Crippen LogP contribution in [-0.4, -0.2) is 40.4 Å². The van der Waals surface area contributed by atoms with Gasteiger partial charge in [0.25, 0.3) is 0 Å². The minimum Gasteiger partial charge on any atom is -0.444 e. The van der Waals surface area contributed by atoms with Crippen molar-refractivity contribution in [1.29, 1.82) is 5.41 Å².